The fourth-order valence-corrected chi connectivity index (χ4v) is 4.20. The fraction of sp³-hybridized carbons (Fsp3) is 0.524. The number of rotatable bonds is 7. The van der Waals surface area contributed by atoms with Gasteiger partial charge in [0, 0.05) is 31.2 Å². The molecule has 1 aromatic heterocycles. The highest BCUT2D eigenvalue weighted by atomic mass is 127. The number of guanidine groups is 1. The molecule has 1 fully saturated rings. The van der Waals surface area contributed by atoms with Crippen LogP contribution in [0.15, 0.2) is 35.5 Å². The molecule has 2 aromatic rings. The van der Waals surface area contributed by atoms with Crippen LogP contribution in [0.4, 0.5) is 0 Å². The number of halogens is 1. The Morgan fingerprint density at radius 1 is 1.11 bits per heavy atom. The van der Waals surface area contributed by atoms with E-state index in [0.29, 0.717) is 6.54 Å². The first kappa shape index (κ1) is 23.1. The molecule has 1 aliphatic rings. The van der Waals surface area contributed by atoms with Gasteiger partial charge in [-0.2, -0.15) is 0 Å². The average Bonchev–Trinajstić information content (AvgIpc) is 3.18. The minimum atomic E-state index is 0. The molecule has 0 aliphatic carbocycles. The summed E-state index contributed by atoms with van der Waals surface area (Å²) in [4.78, 5) is 12.7. The molecule has 0 saturated carbocycles. The van der Waals surface area contributed by atoms with Gasteiger partial charge in [-0.25, -0.2) is 4.98 Å². The number of nitrogens with zero attached hydrogens (tertiary/aromatic N) is 3. The molecule has 0 amide bonds. The summed E-state index contributed by atoms with van der Waals surface area (Å²) in [6, 6.07) is 8.73. The second-order valence-corrected chi connectivity index (χ2v) is 8.16. The highest BCUT2D eigenvalue weighted by Gasteiger charge is 2.12. The number of aliphatic imine (C=N–C) groups is 1. The minimum Gasteiger partial charge on any atom is -0.352 e. The largest absolute Gasteiger partial charge is 0.352 e. The van der Waals surface area contributed by atoms with Crippen molar-refractivity contribution < 1.29 is 0 Å². The first-order chi connectivity index (χ1) is 13.3. The summed E-state index contributed by atoms with van der Waals surface area (Å²) >= 11 is 1.76. The number of likely N-dealkylation sites (tertiary alicyclic amines) is 1. The highest BCUT2D eigenvalue weighted by Crippen LogP contribution is 2.16. The van der Waals surface area contributed by atoms with E-state index in [0.717, 1.165) is 30.5 Å². The zero-order valence-corrected chi connectivity index (χ0v) is 20.1. The molecule has 0 spiro atoms. The van der Waals surface area contributed by atoms with Crippen LogP contribution in [0.5, 0.6) is 0 Å². The van der Waals surface area contributed by atoms with Gasteiger partial charge in [-0.3, -0.25) is 9.89 Å². The number of nitrogens with one attached hydrogen (secondary N) is 2. The van der Waals surface area contributed by atoms with Gasteiger partial charge in [0.2, 0.25) is 0 Å². The van der Waals surface area contributed by atoms with E-state index in [4.69, 9.17) is 0 Å². The maximum Gasteiger partial charge on any atom is 0.191 e. The van der Waals surface area contributed by atoms with Crippen LogP contribution in [0, 0.1) is 0 Å². The molecule has 154 valence electrons. The normalized spacial score (nSPS) is 15.1. The first-order valence-electron chi connectivity index (χ1n) is 9.95. The zero-order valence-electron chi connectivity index (χ0n) is 16.9. The SMILES string of the molecule is CCc1cnc(CNC(=NC)NCc2ccccc2CN2CCCCC2)s1.I. The second-order valence-electron chi connectivity index (χ2n) is 6.96. The predicted octanol–water partition coefficient (Wildman–Crippen LogP) is 4.17. The Kier molecular flexibility index (Phi) is 10.2. The van der Waals surface area contributed by atoms with Crippen molar-refractivity contribution in [3.05, 3.63) is 51.5 Å². The smallest absolute Gasteiger partial charge is 0.191 e. The molecule has 0 atom stereocenters. The van der Waals surface area contributed by atoms with Gasteiger partial charge in [0.05, 0.1) is 6.54 Å². The quantitative estimate of drug-likeness (QED) is 0.332. The Morgan fingerprint density at radius 2 is 1.82 bits per heavy atom. The molecule has 28 heavy (non-hydrogen) atoms. The maximum absolute atomic E-state index is 4.46. The summed E-state index contributed by atoms with van der Waals surface area (Å²) < 4.78 is 0. The van der Waals surface area contributed by atoms with E-state index < -0.39 is 0 Å². The number of aromatic nitrogens is 1. The van der Waals surface area contributed by atoms with E-state index in [2.05, 4.69) is 56.7 Å². The Balaban J connectivity index is 0.00000280. The van der Waals surface area contributed by atoms with Crippen molar-refractivity contribution in [1.82, 2.24) is 20.5 Å². The third-order valence-corrected chi connectivity index (χ3v) is 6.13. The summed E-state index contributed by atoms with van der Waals surface area (Å²) in [5.41, 5.74) is 2.75. The van der Waals surface area contributed by atoms with E-state index in [1.54, 1.807) is 11.3 Å². The summed E-state index contributed by atoms with van der Waals surface area (Å²) in [5.74, 6) is 0.816. The van der Waals surface area contributed by atoms with Crippen LogP contribution in [0.25, 0.3) is 0 Å². The third-order valence-electron chi connectivity index (χ3n) is 4.99. The van der Waals surface area contributed by atoms with Gasteiger partial charge in [0.25, 0.3) is 0 Å². The van der Waals surface area contributed by atoms with Crippen molar-refractivity contribution in [2.75, 3.05) is 20.1 Å². The van der Waals surface area contributed by atoms with Crippen molar-refractivity contribution in [1.29, 1.82) is 0 Å². The van der Waals surface area contributed by atoms with Gasteiger partial charge in [-0.05, 0) is 43.5 Å². The number of piperidine rings is 1. The Bertz CT molecular complexity index is 740. The standard InChI is InChI=1S/C21H31N5S.HI/c1-3-19-14-23-20(27-19)15-25-21(22-2)24-13-17-9-5-6-10-18(17)16-26-11-7-4-8-12-26;/h5-6,9-10,14H,3-4,7-8,11-13,15-16H2,1-2H3,(H2,22,24,25);1H. The molecule has 0 bridgehead atoms. The number of hydrogen-bond donors (Lipinski definition) is 2. The van der Waals surface area contributed by atoms with Crippen LogP contribution in [0.1, 0.15) is 47.2 Å². The summed E-state index contributed by atoms with van der Waals surface area (Å²) in [7, 11) is 1.81. The second kappa shape index (κ2) is 12.4. The van der Waals surface area contributed by atoms with Crippen molar-refractivity contribution in [2.45, 2.75) is 52.2 Å². The van der Waals surface area contributed by atoms with E-state index in [1.807, 2.05) is 13.2 Å². The van der Waals surface area contributed by atoms with Crippen molar-refractivity contribution in [2.24, 2.45) is 4.99 Å². The van der Waals surface area contributed by atoms with Crippen LogP contribution in [-0.2, 0) is 26.1 Å². The van der Waals surface area contributed by atoms with Gasteiger partial charge in [0.15, 0.2) is 5.96 Å². The van der Waals surface area contributed by atoms with Gasteiger partial charge >= 0.3 is 0 Å². The topological polar surface area (TPSA) is 52.6 Å². The molecule has 0 unspecified atom stereocenters. The lowest BCUT2D eigenvalue weighted by Crippen LogP contribution is -2.36. The van der Waals surface area contributed by atoms with E-state index in [-0.39, 0.29) is 24.0 Å². The molecule has 3 rings (SSSR count). The van der Waals surface area contributed by atoms with E-state index >= 15 is 0 Å². The Labute approximate surface area is 190 Å². The molecule has 2 heterocycles. The highest BCUT2D eigenvalue weighted by molar-refractivity contribution is 14.0. The summed E-state index contributed by atoms with van der Waals surface area (Å²) in [6.07, 6.45) is 7.04. The monoisotopic (exact) mass is 513 g/mol. The van der Waals surface area contributed by atoms with E-state index in [9.17, 15) is 0 Å². The van der Waals surface area contributed by atoms with Crippen LogP contribution in [0.3, 0.4) is 0 Å². The molecular formula is C21H32IN5S. The number of hydrogen-bond acceptors (Lipinski definition) is 4. The average molecular weight is 513 g/mol. The molecule has 7 heteroatoms. The van der Waals surface area contributed by atoms with Crippen LogP contribution in [-0.4, -0.2) is 36.0 Å². The number of benzene rings is 1. The Hall–Kier alpha value is -1.19. The molecule has 2 N–H and O–H groups in total. The molecule has 0 radical (unpaired) electrons. The van der Waals surface area contributed by atoms with Gasteiger partial charge < -0.3 is 10.6 Å². The predicted molar refractivity (Wildman–Crippen MR) is 130 cm³/mol. The lowest BCUT2D eigenvalue weighted by atomic mass is 10.0. The zero-order chi connectivity index (χ0) is 18.9. The van der Waals surface area contributed by atoms with Crippen LogP contribution in [0.2, 0.25) is 0 Å². The summed E-state index contributed by atoms with van der Waals surface area (Å²) in [6.45, 7) is 7.13. The molecule has 1 aromatic carbocycles. The first-order valence-corrected chi connectivity index (χ1v) is 10.8. The molecule has 5 nitrogen and oxygen atoms in total. The fourth-order valence-electron chi connectivity index (χ4n) is 3.39. The Morgan fingerprint density at radius 3 is 2.50 bits per heavy atom. The van der Waals surface area contributed by atoms with Crippen LogP contribution < -0.4 is 10.6 Å². The van der Waals surface area contributed by atoms with E-state index in [1.165, 1.54) is 48.4 Å². The molecular weight excluding hydrogens is 481 g/mol. The van der Waals surface area contributed by atoms with Gasteiger partial charge in [-0.1, -0.05) is 37.6 Å². The van der Waals surface area contributed by atoms with Gasteiger partial charge in [0.1, 0.15) is 5.01 Å². The molecule has 1 saturated heterocycles. The lowest BCUT2D eigenvalue weighted by Gasteiger charge is -2.27. The number of thiazole rings is 1. The third kappa shape index (κ3) is 7.00. The van der Waals surface area contributed by atoms with Gasteiger partial charge in [-0.15, -0.1) is 35.3 Å². The maximum atomic E-state index is 4.46. The lowest BCUT2D eigenvalue weighted by molar-refractivity contribution is 0.220. The van der Waals surface area contributed by atoms with Crippen molar-refractivity contribution in [3.63, 3.8) is 0 Å². The number of aryl methyl sites for hydroxylation is 1. The molecule has 1 aliphatic heterocycles. The summed E-state index contributed by atoms with van der Waals surface area (Å²) in [5, 5.41) is 7.92. The van der Waals surface area contributed by atoms with Crippen LogP contribution >= 0.6 is 35.3 Å². The minimum absolute atomic E-state index is 0. The van der Waals surface area contributed by atoms with Crippen molar-refractivity contribution >= 4 is 41.3 Å². The van der Waals surface area contributed by atoms with Crippen molar-refractivity contribution in [3.8, 4) is 0 Å².